The molecule has 27 heavy (non-hydrogen) atoms. The fourth-order valence-electron chi connectivity index (χ4n) is 2.65. The summed E-state index contributed by atoms with van der Waals surface area (Å²) in [6.07, 6.45) is 5.00. The van der Waals surface area contributed by atoms with Gasteiger partial charge in [-0.2, -0.15) is 0 Å². The van der Waals surface area contributed by atoms with Gasteiger partial charge in [-0.25, -0.2) is 9.97 Å². The molecule has 0 fully saturated rings. The van der Waals surface area contributed by atoms with Gasteiger partial charge < -0.3 is 9.88 Å². The number of carbonyl (C=O) groups is 1. The first-order chi connectivity index (χ1) is 14.7. The van der Waals surface area contributed by atoms with Crippen molar-refractivity contribution in [2.24, 2.45) is 7.05 Å². The molecule has 0 aliphatic rings. The van der Waals surface area contributed by atoms with Gasteiger partial charge in [0, 0.05) is 30.4 Å². The van der Waals surface area contributed by atoms with Crippen molar-refractivity contribution in [3.63, 3.8) is 0 Å². The third-order valence-corrected chi connectivity index (χ3v) is 4.30. The van der Waals surface area contributed by atoms with Gasteiger partial charge in [-0.05, 0) is 43.5 Å². The minimum atomic E-state index is -0.750. The van der Waals surface area contributed by atoms with Gasteiger partial charge in [0.1, 0.15) is 11.6 Å². The fraction of sp³-hybridized carbons (Fsp3) is 0.143. The number of aryl methyl sites for hydroxylation is 1. The number of pyridine rings is 2. The molecule has 4 aromatic rings. The quantitative estimate of drug-likeness (QED) is 0.601. The summed E-state index contributed by atoms with van der Waals surface area (Å²) in [6, 6.07) is 2.31. The second kappa shape index (κ2) is 6.64. The van der Waals surface area contributed by atoms with Crippen LogP contribution in [-0.2, 0) is 7.05 Å². The monoisotopic (exact) mass is 361 g/mol. The van der Waals surface area contributed by atoms with Gasteiger partial charge in [-0.15, -0.1) is 0 Å². The second-order valence-electron chi connectivity index (χ2n) is 6.19. The zero-order valence-corrected chi connectivity index (χ0v) is 15.1. The van der Waals surface area contributed by atoms with Crippen LogP contribution < -0.4 is 5.32 Å². The maximum Gasteiger partial charge on any atom is 0.256 e. The first-order valence-corrected chi connectivity index (χ1v) is 8.31. The Bertz CT molecular complexity index is 1340. The number of hydrogen-bond donors (Lipinski definition) is 1. The predicted octanol–water partition coefficient (Wildman–Crippen LogP) is 3.90. The highest BCUT2D eigenvalue weighted by Gasteiger charge is 2.10. The minimum absolute atomic E-state index is 0.195. The average molecular weight is 361 g/mol. The molecule has 1 amide bonds. The van der Waals surface area contributed by atoms with Crippen LogP contribution in [-0.4, -0.2) is 25.4 Å². The van der Waals surface area contributed by atoms with Crippen LogP contribution in [0.25, 0.3) is 22.2 Å². The number of hydrogen-bond acceptors (Lipinski definition) is 4. The van der Waals surface area contributed by atoms with Gasteiger partial charge in [0.2, 0.25) is 0 Å². The van der Waals surface area contributed by atoms with E-state index in [1.807, 2.05) is 24.6 Å². The topological polar surface area (TPSA) is 72.7 Å². The minimum Gasteiger partial charge on any atom is -0.330 e. The molecule has 0 spiro atoms. The Hall–Kier alpha value is -3.54. The third kappa shape index (κ3) is 3.29. The molecular formula is C21H19N5O. The van der Waals surface area contributed by atoms with E-state index in [9.17, 15) is 4.79 Å². The standard InChI is InChI=1S/C21H19N5O/c1-13-4-6-15(7-5-13)21(27)25-20-9-16-8-18(23-10-17(16)11-24-20)19-12-22-14(2)26(19)3/h4-12H,1-3H3,(H,24,25,27)/i4D,5D,6D,7D. The molecule has 0 saturated carbocycles. The van der Waals surface area contributed by atoms with E-state index in [-0.39, 0.29) is 41.1 Å². The molecule has 0 radical (unpaired) electrons. The molecule has 6 heteroatoms. The number of anilines is 1. The average Bonchev–Trinajstić information content (AvgIpc) is 3.09. The van der Waals surface area contributed by atoms with Crippen molar-refractivity contribution in [1.82, 2.24) is 19.5 Å². The van der Waals surface area contributed by atoms with Crippen LogP contribution in [0.1, 0.15) is 27.2 Å². The van der Waals surface area contributed by atoms with Crippen molar-refractivity contribution in [2.45, 2.75) is 13.8 Å². The number of nitrogens with zero attached hydrogens (tertiary/aromatic N) is 4. The van der Waals surface area contributed by atoms with Crippen LogP contribution in [0.2, 0.25) is 0 Å². The van der Waals surface area contributed by atoms with Crippen LogP contribution >= 0.6 is 0 Å². The van der Waals surface area contributed by atoms with Gasteiger partial charge in [-0.3, -0.25) is 9.78 Å². The van der Waals surface area contributed by atoms with Gasteiger partial charge in [-0.1, -0.05) is 17.6 Å². The lowest BCUT2D eigenvalue weighted by molar-refractivity contribution is 0.102. The smallest absolute Gasteiger partial charge is 0.256 e. The van der Waals surface area contributed by atoms with E-state index in [4.69, 9.17) is 5.48 Å². The summed E-state index contributed by atoms with van der Waals surface area (Å²) in [6.45, 7) is 3.39. The number of aromatic nitrogens is 4. The Morgan fingerprint density at radius 3 is 2.44 bits per heavy atom. The summed E-state index contributed by atoms with van der Waals surface area (Å²) in [7, 11) is 1.90. The van der Waals surface area contributed by atoms with Crippen LogP contribution in [0.3, 0.4) is 0 Å². The number of benzene rings is 1. The zero-order valence-electron chi connectivity index (χ0n) is 19.1. The number of fused-ring (bicyclic) bond motifs is 1. The van der Waals surface area contributed by atoms with E-state index < -0.39 is 5.91 Å². The molecule has 0 unspecified atom stereocenters. The summed E-state index contributed by atoms with van der Waals surface area (Å²) in [4.78, 5) is 25.7. The van der Waals surface area contributed by atoms with Crippen LogP contribution in [0.15, 0.2) is 54.9 Å². The highest BCUT2D eigenvalue weighted by atomic mass is 16.1. The molecule has 0 aliphatic heterocycles. The molecule has 4 rings (SSSR count). The highest BCUT2D eigenvalue weighted by Crippen LogP contribution is 2.23. The highest BCUT2D eigenvalue weighted by molar-refractivity contribution is 6.04. The van der Waals surface area contributed by atoms with E-state index in [2.05, 4.69) is 20.3 Å². The summed E-state index contributed by atoms with van der Waals surface area (Å²) in [5.74, 6) is 0.339. The van der Waals surface area contributed by atoms with E-state index in [1.165, 1.54) is 6.92 Å². The number of nitrogens with one attached hydrogen (secondary N) is 1. The molecular weight excluding hydrogens is 338 g/mol. The predicted molar refractivity (Wildman–Crippen MR) is 106 cm³/mol. The molecule has 0 atom stereocenters. The Kier molecular flexibility index (Phi) is 3.14. The fourth-order valence-corrected chi connectivity index (χ4v) is 2.65. The summed E-state index contributed by atoms with van der Waals surface area (Å²) in [5, 5.41) is 4.15. The SMILES string of the molecule is [2H]c1c([2H])c(C(=O)Nc2cc3cc(-c4cnc(C)n4C)ncc3cn2)c([2H])c([2H])c1C. The van der Waals surface area contributed by atoms with Crippen LogP contribution in [0.4, 0.5) is 5.82 Å². The first kappa shape index (κ1) is 12.8. The molecule has 6 nitrogen and oxygen atoms in total. The molecule has 1 aromatic carbocycles. The van der Waals surface area contributed by atoms with Crippen molar-refractivity contribution >= 4 is 22.5 Å². The summed E-state index contributed by atoms with van der Waals surface area (Å²) in [5.41, 5.74) is 1.45. The summed E-state index contributed by atoms with van der Waals surface area (Å²) >= 11 is 0. The maximum atomic E-state index is 12.8. The molecule has 3 aromatic heterocycles. The molecule has 0 aliphatic carbocycles. The van der Waals surface area contributed by atoms with Gasteiger partial charge in [0.05, 0.1) is 23.1 Å². The Balaban J connectivity index is 1.71. The third-order valence-electron chi connectivity index (χ3n) is 4.30. The van der Waals surface area contributed by atoms with Gasteiger partial charge >= 0.3 is 0 Å². The van der Waals surface area contributed by atoms with Crippen molar-refractivity contribution < 1.29 is 10.3 Å². The summed E-state index contributed by atoms with van der Waals surface area (Å²) < 4.78 is 33.9. The Morgan fingerprint density at radius 1 is 1.00 bits per heavy atom. The normalized spacial score (nSPS) is 13.0. The molecule has 0 bridgehead atoms. The van der Waals surface area contributed by atoms with Crippen LogP contribution in [0.5, 0.6) is 0 Å². The first-order valence-electron chi connectivity index (χ1n) is 10.3. The van der Waals surface area contributed by atoms with E-state index in [0.29, 0.717) is 0 Å². The Morgan fingerprint density at radius 2 is 1.74 bits per heavy atom. The molecule has 134 valence electrons. The number of carbonyl (C=O) groups excluding carboxylic acids is 1. The number of amides is 1. The molecule has 0 saturated heterocycles. The lowest BCUT2D eigenvalue weighted by Crippen LogP contribution is -2.12. The van der Waals surface area contributed by atoms with E-state index in [0.717, 1.165) is 28.0 Å². The van der Waals surface area contributed by atoms with E-state index in [1.54, 1.807) is 24.7 Å². The van der Waals surface area contributed by atoms with Gasteiger partial charge in [0.25, 0.3) is 5.91 Å². The van der Waals surface area contributed by atoms with Gasteiger partial charge in [0.15, 0.2) is 0 Å². The second-order valence-corrected chi connectivity index (χ2v) is 6.19. The number of imidazole rings is 1. The lowest BCUT2D eigenvalue weighted by Gasteiger charge is -2.08. The van der Waals surface area contributed by atoms with Crippen molar-refractivity contribution in [3.05, 3.63) is 71.8 Å². The molecule has 1 N–H and O–H groups in total. The molecule has 3 heterocycles. The Labute approximate surface area is 162 Å². The lowest BCUT2D eigenvalue weighted by atomic mass is 10.1. The largest absolute Gasteiger partial charge is 0.330 e. The van der Waals surface area contributed by atoms with Crippen LogP contribution in [0, 0.1) is 13.8 Å². The van der Waals surface area contributed by atoms with Crippen molar-refractivity contribution in [2.75, 3.05) is 5.32 Å². The van der Waals surface area contributed by atoms with Crippen molar-refractivity contribution in [3.8, 4) is 11.4 Å². The van der Waals surface area contributed by atoms with E-state index >= 15 is 0 Å². The number of rotatable bonds is 3. The van der Waals surface area contributed by atoms with Crippen molar-refractivity contribution in [1.29, 1.82) is 0 Å². The zero-order chi connectivity index (χ0) is 22.4. The maximum absolute atomic E-state index is 12.8.